The molecule has 0 amide bonds. The molecule has 4 nitrogen and oxygen atoms in total. The molecule has 0 unspecified atom stereocenters. The lowest BCUT2D eigenvalue weighted by molar-refractivity contribution is 0.0697. The van der Waals surface area contributed by atoms with E-state index >= 15 is 0 Å². The van der Waals surface area contributed by atoms with Crippen molar-refractivity contribution in [1.29, 1.82) is 0 Å². The number of hydrogen-bond donors (Lipinski definition) is 2. The first kappa shape index (κ1) is 13.1. The minimum absolute atomic E-state index is 0.191. The van der Waals surface area contributed by atoms with Gasteiger partial charge in [0, 0.05) is 18.9 Å². The number of hydrogen-bond acceptors (Lipinski definition) is 3. The van der Waals surface area contributed by atoms with Crippen LogP contribution in [0.5, 0.6) is 0 Å². The third kappa shape index (κ3) is 3.10. The molecule has 0 aliphatic rings. The molecule has 0 saturated carbocycles. The van der Waals surface area contributed by atoms with Gasteiger partial charge in [0.2, 0.25) is 0 Å². The molecule has 0 saturated heterocycles. The average molecular weight is 256 g/mol. The van der Waals surface area contributed by atoms with Gasteiger partial charge in [-0.25, -0.2) is 4.79 Å². The minimum Gasteiger partial charge on any atom is -0.478 e. The molecule has 0 atom stereocenters. The fourth-order valence-corrected chi connectivity index (χ4v) is 1.98. The second-order valence-corrected chi connectivity index (χ2v) is 4.20. The van der Waals surface area contributed by atoms with Crippen LogP contribution in [0.1, 0.15) is 28.4 Å². The van der Waals surface area contributed by atoms with Crippen LogP contribution in [0.4, 0.5) is 5.69 Å². The number of rotatable bonds is 5. The zero-order valence-corrected chi connectivity index (χ0v) is 10.8. The van der Waals surface area contributed by atoms with Crippen molar-refractivity contribution in [3.8, 4) is 0 Å². The number of aryl methyl sites for hydroxylation is 1. The first-order chi connectivity index (χ1) is 9.22. The first-order valence-corrected chi connectivity index (χ1v) is 6.20. The molecule has 2 aromatic rings. The molecule has 0 radical (unpaired) electrons. The van der Waals surface area contributed by atoms with Crippen molar-refractivity contribution >= 4 is 11.7 Å². The lowest BCUT2D eigenvalue weighted by atomic mass is 10.1. The summed E-state index contributed by atoms with van der Waals surface area (Å²) in [5.74, 6) is -0.973. The van der Waals surface area contributed by atoms with Gasteiger partial charge < -0.3 is 10.4 Å². The van der Waals surface area contributed by atoms with Gasteiger partial charge in [-0.2, -0.15) is 0 Å². The Kier molecular flexibility index (Phi) is 4.13. The van der Waals surface area contributed by atoms with Gasteiger partial charge in [-0.05, 0) is 23.6 Å². The normalized spacial score (nSPS) is 10.2. The quantitative estimate of drug-likeness (QED) is 0.863. The van der Waals surface area contributed by atoms with Crippen LogP contribution in [-0.4, -0.2) is 16.1 Å². The molecule has 1 heterocycles. The maximum Gasteiger partial charge on any atom is 0.339 e. The van der Waals surface area contributed by atoms with E-state index in [1.54, 1.807) is 12.3 Å². The van der Waals surface area contributed by atoms with E-state index in [2.05, 4.69) is 23.3 Å². The Morgan fingerprint density at radius 2 is 2.00 bits per heavy atom. The smallest absolute Gasteiger partial charge is 0.339 e. The fourth-order valence-electron chi connectivity index (χ4n) is 1.98. The fraction of sp³-hybridized carbons (Fsp3) is 0.200. The Balaban J connectivity index is 2.17. The number of pyridine rings is 1. The molecule has 0 bridgehead atoms. The summed E-state index contributed by atoms with van der Waals surface area (Å²) in [7, 11) is 0. The second kappa shape index (κ2) is 6.00. The lowest BCUT2D eigenvalue weighted by Gasteiger charge is -2.11. The maximum atomic E-state index is 11.1. The summed E-state index contributed by atoms with van der Waals surface area (Å²) in [6, 6.07) is 9.81. The van der Waals surface area contributed by atoms with Crippen molar-refractivity contribution in [2.45, 2.75) is 19.9 Å². The third-order valence-corrected chi connectivity index (χ3v) is 3.02. The molecule has 2 rings (SSSR count). The van der Waals surface area contributed by atoms with Gasteiger partial charge >= 0.3 is 5.97 Å². The highest BCUT2D eigenvalue weighted by Gasteiger charge is 2.09. The van der Waals surface area contributed by atoms with Gasteiger partial charge in [-0.3, -0.25) is 4.98 Å². The molecule has 0 aliphatic heterocycles. The molecule has 2 N–H and O–H groups in total. The standard InChI is InChI=1S/C15H16N2O2/c1-2-11-5-3-4-6-12(11)9-17-14-7-8-16-10-13(14)15(18)19/h3-8,10H,2,9H2,1H3,(H,16,17)(H,18,19). The minimum atomic E-state index is -0.973. The van der Waals surface area contributed by atoms with Gasteiger partial charge in [-0.1, -0.05) is 31.2 Å². The van der Waals surface area contributed by atoms with Crippen LogP contribution in [0.15, 0.2) is 42.7 Å². The number of carboxylic acids is 1. The van der Waals surface area contributed by atoms with E-state index in [9.17, 15) is 4.79 Å². The molecule has 19 heavy (non-hydrogen) atoms. The molecular formula is C15H16N2O2. The number of carbonyl (C=O) groups is 1. The first-order valence-electron chi connectivity index (χ1n) is 6.20. The molecule has 0 spiro atoms. The molecule has 1 aromatic carbocycles. The Hall–Kier alpha value is -2.36. The summed E-state index contributed by atoms with van der Waals surface area (Å²) in [4.78, 5) is 14.9. The van der Waals surface area contributed by atoms with Crippen LogP contribution in [0, 0.1) is 0 Å². The van der Waals surface area contributed by atoms with E-state index in [1.807, 2.05) is 18.2 Å². The lowest BCUT2D eigenvalue weighted by Crippen LogP contribution is -2.08. The van der Waals surface area contributed by atoms with E-state index in [1.165, 1.54) is 17.3 Å². The Labute approximate surface area is 112 Å². The van der Waals surface area contributed by atoms with Crippen LogP contribution in [0.3, 0.4) is 0 Å². The van der Waals surface area contributed by atoms with Crippen molar-refractivity contribution in [1.82, 2.24) is 4.98 Å². The van der Waals surface area contributed by atoms with E-state index in [0.717, 1.165) is 6.42 Å². The summed E-state index contributed by atoms with van der Waals surface area (Å²) < 4.78 is 0. The Bertz CT molecular complexity index is 582. The average Bonchev–Trinajstić information content (AvgIpc) is 2.45. The van der Waals surface area contributed by atoms with Crippen molar-refractivity contribution in [2.24, 2.45) is 0 Å². The van der Waals surface area contributed by atoms with Gasteiger partial charge in [0.25, 0.3) is 0 Å². The van der Waals surface area contributed by atoms with Crippen LogP contribution >= 0.6 is 0 Å². The zero-order chi connectivity index (χ0) is 13.7. The predicted molar refractivity (Wildman–Crippen MR) is 74.3 cm³/mol. The number of aromatic carboxylic acids is 1. The second-order valence-electron chi connectivity index (χ2n) is 4.20. The van der Waals surface area contributed by atoms with E-state index in [0.29, 0.717) is 12.2 Å². The summed E-state index contributed by atoms with van der Waals surface area (Å²) >= 11 is 0. The van der Waals surface area contributed by atoms with Crippen LogP contribution in [-0.2, 0) is 13.0 Å². The highest BCUT2D eigenvalue weighted by molar-refractivity contribution is 5.93. The van der Waals surface area contributed by atoms with Gasteiger partial charge in [0.1, 0.15) is 5.56 Å². The van der Waals surface area contributed by atoms with E-state index in [-0.39, 0.29) is 5.56 Å². The van der Waals surface area contributed by atoms with Crippen molar-refractivity contribution < 1.29 is 9.90 Å². The summed E-state index contributed by atoms with van der Waals surface area (Å²) in [5, 5.41) is 12.2. The summed E-state index contributed by atoms with van der Waals surface area (Å²) in [6.07, 6.45) is 3.90. The Morgan fingerprint density at radius 1 is 1.26 bits per heavy atom. The molecule has 4 heteroatoms. The number of aromatic nitrogens is 1. The predicted octanol–water partition coefficient (Wildman–Crippen LogP) is 2.95. The van der Waals surface area contributed by atoms with Crippen LogP contribution < -0.4 is 5.32 Å². The van der Waals surface area contributed by atoms with Gasteiger partial charge in [-0.15, -0.1) is 0 Å². The molecule has 98 valence electrons. The van der Waals surface area contributed by atoms with E-state index in [4.69, 9.17) is 5.11 Å². The summed E-state index contributed by atoms with van der Waals surface area (Å²) in [5.41, 5.74) is 3.23. The number of carboxylic acid groups (broad SMARTS) is 1. The number of nitrogens with zero attached hydrogens (tertiary/aromatic N) is 1. The topological polar surface area (TPSA) is 62.2 Å². The van der Waals surface area contributed by atoms with Crippen molar-refractivity contribution in [3.05, 3.63) is 59.4 Å². The maximum absolute atomic E-state index is 11.1. The number of nitrogens with one attached hydrogen (secondary N) is 1. The van der Waals surface area contributed by atoms with Crippen molar-refractivity contribution in [2.75, 3.05) is 5.32 Å². The molecule has 1 aromatic heterocycles. The van der Waals surface area contributed by atoms with Crippen LogP contribution in [0.2, 0.25) is 0 Å². The highest BCUT2D eigenvalue weighted by atomic mass is 16.4. The SMILES string of the molecule is CCc1ccccc1CNc1ccncc1C(=O)O. The largest absolute Gasteiger partial charge is 0.478 e. The zero-order valence-electron chi connectivity index (χ0n) is 10.8. The summed E-state index contributed by atoms with van der Waals surface area (Å²) in [6.45, 7) is 2.71. The number of benzene rings is 1. The number of anilines is 1. The molecule has 0 fully saturated rings. The Morgan fingerprint density at radius 3 is 2.68 bits per heavy atom. The van der Waals surface area contributed by atoms with E-state index < -0.39 is 5.97 Å². The molecular weight excluding hydrogens is 240 g/mol. The van der Waals surface area contributed by atoms with Gasteiger partial charge in [0.05, 0.1) is 5.69 Å². The monoisotopic (exact) mass is 256 g/mol. The van der Waals surface area contributed by atoms with Crippen molar-refractivity contribution in [3.63, 3.8) is 0 Å². The van der Waals surface area contributed by atoms with Crippen LogP contribution in [0.25, 0.3) is 0 Å². The van der Waals surface area contributed by atoms with Gasteiger partial charge in [0.15, 0.2) is 0 Å². The third-order valence-electron chi connectivity index (χ3n) is 3.02. The molecule has 0 aliphatic carbocycles. The highest BCUT2D eigenvalue weighted by Crippen LogP contribution is 2.16.